The Kier molecular flexibility index (Phi) is 8.15. The number of ether oxygens (including phenoxy) is 1. The number of nitrogens with one attached hydrogen (secondary N) is 1. The number of amides is 1. The van der Waals surface area contributed by atoms with Crippen molar-refractivity contribution < 1.29 is 9.53 Å². The first-order valence-corrected chi connectivity index (χ1v) is 13.4. The van der Waals surface area contributed by atoms with E-state index in [1.807, 2.05) is 24.3 Å². The molecule has 2 aliphatic heterocycles. The lowest BCUT2D eigenvalue weighted by Crippen LogP contribution is -2.44. The van der Waals surface area contributed by atoms with Crippen LogP contribution in [-0.4, -0.2) is 59.1 Å². The monoisotopic (exact) mass is 510 g/mol. The van der Waals surface area contributed by atoms with Gasteiger partial charge in [0, 0.05) is 57.3 Å². The molecule has 3 aromatic rings. The van der Waals surface area contributed by atoms with Crippen molar-refractivity contribution in [3.63, 3.8) is 0 Å². The van der Waals surface area contributed by atoms with Crippen LogP contribution in [-0.2, 0) is 6.54 Å². The smallest absolute Gasteiger partial charge is 0.271 e. The SMILES string of the molecule is Cc1ccc(N2CCC(Oc3cnc(C(=O)NC4CCN(Cc5ccc(C#N)cc5)CC4)cn3)CC2)cc1. The Morgan fingerprint density at radius 3 is 2.32 bits per heavy atom. The summed E-state index contributed by atoms with van der Waals surface area (Å²) >= 11 is 0. The fourth-order valence-corrected chi connectivity index (χ4v) is 5.09. The fraction of sp³-hybridized carbons (Fsp3) is 0.400. The molecule has 0 spiro atoms. The number of nitrogens with zero attached hydrogens (tertiary/aromatic N) is 5. The van der Waals surface area contributed by atoms with Gasteiger partial charge in [-0.05, 0) is 49.6 Å². The van der Waals surface area contributed by atoms with Crippen molar-refractivity contribution in [2.24, 2.45) is 0 Å². The average molecular weight is 511 g/mol. The molecule has 8 nitrogen and oxygen atoms in total. The topological polar surface area (TPSA) is 94.4 Å². The molecule has 1 amide bonds. The summed E-state index contributed by atoms with van der Waals surface area (Å²) in [7, 11) is 0. The molecule has 0 saturated carbocycles. The molecular weight excluding hydrogens is 476 g/mol. The van der Waals surface area contributed by atoms with E-state index in [4.69, 9.17) is 10.00 Å². The van der Waals surface area contributed by atoms with E-state index >= 15 is 0 Å². The molecular formula is C30H34N6O2. The minimum atomic E-state index is -0.194. The van der Waals surface area contributed by atoms with Gasteiger partial charge in [0.2, 0.25) is 5.88 Å². The molecule has 0 atom stereocenters. The minimum Gasteiger partial charge on any atom is -0.473 e. The molecule has 3 heterocycles. The van der Waals surface area contributed by atoms with E-state index in [9.17, 15) is 4.79 Å². The molecule has 8 heteroatoms. The summed E-state index contributed by atoms with van der Waals surface area (Å²) in [6.45, 7) is 6.65. The molecule has 38 heavy (non-hydrogen) atoms. The third kappa shape index (κ3) is 6.67. The molecule has 196 valence electrons. The van der Waals surface area contributed by atoms with Crippen LogP contribution in [0.2, 0.25) is 0 Å². The quantitative estimate of drug-likeness (QED) is 0.511. The maximum absolute atomic E-state index is 12.7. The Labute approximate surface area is 224 Å². The number of anilines is 1. The lowest BCUT2D eigenvalue weighted by molar-refractivity contribution is 0.0903. The van der Waals surface area contributed by atoms with Gasteiger partial charge in [-0.15, -0.1) is 0 Å². The summed E-state index contributed by atoms with van der Waals surface area (Å²) in [6, 6.07) is 18.6. The first kappa shape index (κ1) is 25.7. The van der Waals surface area contributed by atoms with Crippen molar-refractivity contribution in [1.82, 2.24) is 20.2 Å². The maximum Gasteiger partial charge on any atom is 0.271 e. The van der Waals surface area contributed by atoms with Gasteiger partial charge >= 0.3 is 0 Å². The highest BCUT2D eigenvalue weighted by Crippen LogP contribution is 2.23. The Morgan fingerprint density at radius 1 is 0.974 bits per heavy atom. The number of hydrogen-bond acceptors (Lipinski definition) is 7. The summed E-state index contributed by atoms with van der Waals surface area (Å²) in [5.74, 6) is 0.271. The first-order valence-electron chi connectivity index (χ1n) is 13.4. The summed E-state index contributed by atoms with van der Waals surface area (Å²) in [5, 5.41) is 12.1. The van der Waals surface area contributed by atoms with E-state index in [-0.39, 0.29) is 18.1 Å². The van der Waals surface area contributed by atoms with Crippen molar-refractivity contribution in [2.45, 2.75) is 51.3 Å². The van der Waals surface area contributed by atoms with Gasteiger partial charge in [-0.1, -0.05) is 29.8 Å². The third-order valence-corrected chi connectivity index (χ3v) is 7.40. The van der Waals surface area contributed by atoms with Crippen LogP contribution in [0.3, 0.4) is 0 Å². The maximum atomic E-state index is 12.7. The van der Waals surface area contributed by atoms with E-state index in [1.54, 1.807) is 6.20 Å². The molecule has 2 fully saturated rings. The zero-order valence-corrected chi connectivity index (χ0v) is 21.8. The highest BCUT2D eigenvalue weighted by Gasteiger charge is 2.23. The van der Waals surface area contributed by atoms with Crippen molar-refractivity contribution in [2.75, 3.05) is 31.1 Å². The van der Waals surface area contributed by atoms with Crippen LogP contribution in [0.25, 0.3) is 0 Å². The summed E-state index contributed by atoms with van der Waals surface area (Å²) < 4.78 is 6.06. The first-order chi connectivity index (χ1) is 18.6. The second kappa shape index (κ2) is 12.1. The van der Waals surface area contributed by atoms with Crippen molar-refractivity contribution in [3.8, 4) is 11.9 Å². The van der Waals surface area contributed by atoms with E-state index in [0.717, 1.165) is 58.4 Å². The number of piperidine rings is 2. The van der Waals surface area contributed by atoms with Crippen LogP contribution in [0.5, 0.6) is 5.88 Å². The number of likely N-dealkylation sites (tertiary alicyclic amines) is 1. The largest absolute Gasteiger partial charge is 0.473 e. The molecule has 5 rings (SSSR count). The van der Waals surface area contributed by atoms with Crippen molar-refractivity contribution in [3.05, 3.63) is 83.3 Å². The fourth-order valence-electron chi connectivity index (χ4n) is 5.09. The number of nitriles is 1. The lowest BCUT2D eigenvalue weighted by atomic mass is 10.0. The van der Waals surface area contributed by atoms with Crippen LogP contribution >= 0.6 is 0 Å². The molecule has 1 aromatic heterocycles. The summed E-state index contributed by atoms with van der Waals surface area (Å²) in [6.07, 6.45) is 6.77. The van der Waals surface area contributed by atoms with E-state index in [1.165, 1.54) is 23.0 Å². The molecule has 0 aliphatic carbocycles. The molecule has 1 N–H and O–H groups in total. The van der Waals surface area contributed by atoms with Gasteiger partial charge in [-0.25, -0.2) is 9.97 Å². The molecule has 0 unspecified atom stereocenters. The molecule has 2 saturated heterocycles. The Bertz CT molecular complexity index is 1240. The normalized spacial score (nSPS) is 17.1. The van der Waals surface area contributed by atoms with Crippen LogP contribution < -0.4 is 15.0 Å². The second-order valence-corrected chi connectivity index (χ2v) is 10.2. The molecule has 0 radical (unpaired) electrons. The Morgan fingerprint density at radius 2 is 1.68 bits per heavy atom. The zero-order chi connectivity index (χ0) is 26.3. The van der Waals surface area contributed by atoms with E-state index in [0.29, 0.717) is 17.1 Å². The van der Waals surface area contributed by atoms with Gasteiger partial charge < -0.3 is 15.0 Å². The number of benzene rings is 2. The highest BCUT2D eigenvalue weighted by atomic mass is 16.5. The highest BCUT2D eigenvalue weighted by molar-refractivity contribution is 5.92. The zero-order valence-electron chi connectivity index (χ0n) is 21.8. The van der Waals surface area contributed by atoms with Crippen LogP contribution in [0.15, 0.2) is 60.9 Å². The molecule has 2 aliphatic rings. The van der Waals surface area contributed by atoms with Gasteiger partial charge in [0.05, 0.1) is 24.0 Å². The number of aromatic nitrogens is 2. The number of carbonyl (C=O) groups is 1. The van der Waals surface area contributed by atoms with Crippen LogP contribution in [0.4, 0.5) is 5.69 Å². The third-order valence-electron chi connectivity index (χ3n) is 7.40. The van der Waals surface area contributed by atoms with E-state index in [2.05, 4.69) is 62.3 Å². The van der Waals surface area contributed by atoms with Crippen molar-refractivity contribution >= 4 is 11.6 Å². The van der Waals surface area contributed by atoms with Gasteiger partial charge in [-0.2, -0.15) is 5.26 Å². The number of hydrogen-bond donors (Lipinski definition) is 1. The lowest BCUT2D eigenvalue weighted by Gasteiger charge is -2.33. The number of aryl methyl sites for hydroxylation is 1. The number of rotatable bonds is 7. The summed E-state index contributed by atoms with van der Waals surface area (Å²) in [5.41, 5.74) is 4.70. The van der Waals surface area contributed by atoms with Crippen molar-refractivity contribution in [1.29, 1.82) is 5.26 Å². The van der Waals surface area contributed by atoms with Crippen LogP contribution in [0, 0.1) is 18.3 Å². The molecule has 0 bridgehead atoms. The predicted molar refractivity (Wildman–Crippen MR) is 146 cm³/mol. The Balaban J connectivity index is 1.04. The minimum absolute atomic E-state index is 0.0974. The van der Waals surface area contributed by atoms with Gasteiger partial charge in [0.15, 0.2) is 0 Å². The standard InChI is InChI=1S/C30H34N6O2/c1-22-2-8-26(9-3-22)36-16-12-27(13-17-36)38-29-20-32-28(19-33-29)30(37)34-25-10-14-35(15-11-25)21-24-6-4-23(18-31)5-7-24/h2-9,19-20,25,27H,10-17,21H2,1H3,(H,34,37). The predicted octanol–water partition coefficient (Wildman–Crippen LogP) is 4.10. The van der Waals surface area contributed by atoms with Gasteiger partial charge in [0.25, 0.3) is 5.91 Å². The summed E-state index contributed by atoms with van der Waals surface area (Å²) in [4.78, 5) is 26.2. The number of carbonyl (C=O) groups excluding carboxylic acids is 1. The molecule has 2 aromatic carbocycles. The average Bonchev–Trinajstić information content (AvgIpc) is 2.96. The van der Waals surface area contributed by atoms with Gasteiger partial charge in [-0.3, -0.25) is 9.69 Å². The van der Waals surface area contributed by atoms with E-state index < -0.39 is 0 Å². The Hall–Kier alpha value is -3.96. The second-order valence-electron chi connectivity index (χ2n) is 10.2. The van der Waals surface area contributed by atoms with Gasteiger partial charge in [0.1, 0.15) is 11.8 Å². The van der Waals surface area contributed by atoms with Crippen LogP contribution in [0.1, 0.15) is 52.9 Å².